The van der Waals surface area contributed by atoms with Gasteiger partial charge in [-0.25, -0.2) is 9.78 Å². The number of benzene rings is 2. The average molecular weight is 474 g/mol. The molecular weight excluding hydrogens is 454 g/mol. The Labute approximate surface area is 198 Å². The highest BCUT2D eigenvalue weighted by molar-refractivity contribution is 7.00. The van der Waals surface area contributed by atoms with E-state index in [1.165, 1.54) is 0 Å². The highest BCUT2D eigenvalue weighted by Crippen LogP contribution is 2.46. The third-order valence-corrected chi connectivity index (χ3v) is 6.72. The Bertz CT molecular complexity index is 1460. The predicted octanol–water partition coefficient (Wildman–Crippen LogP) is 3.43. The molecule has 2 aromatic heterocycles. The molecule has 2 aromatic carbocycles. The van der Waals surface area contributed by atoms with Gasteiger partial charge in [-0.05, 0) is 47.0 Å². The first kappa shape index (κ1) is 20.8. The lowest BCUT2D eigenvalue weighted by atomic mass is 9.87. The summed E-state index contributed by atoms with van der Waals surface area (Å²) in [6.45, 7) is 0.587. The molecule has 2 aliphatic rings. The van der Waals surface area contributed by atoms with Crippen molar-refractivity contribution in [2.24, 2.45) is 0 Å². The maximum Gasteiger partial charge on any atom is 0.342 e. The Kier molecular flexibility index (Phi) is 4.82. The van der Waals surface area contributed by atoms with E-state index in [0.717, 1.165) is 40.5 Å². The van der Waals surface area contributed by atoms with Crippen molar-refractivity contribution >= 4 is 34.3 Å². The van der Waals surface area contributed by atoms with Gasteiger partial charge in [0.1, 0.15) is 16.8 Å². The van der Waals surface area contributed by atoms with E-state index in [9.17, 15) is 9.90 Å². The van der Waals surface area contributed by atoms with Gasteiger partial charge in [-0.1, -0.05) is 12.1 Å². The topological polar surface area (TPSA) is 104 Å². The molecule has 0 spiro atoms. The highest BCUT2D eigenvalue weighted by Gasteiger charge is 2.48. The molecule has 0 saturated carbocycles. The molecule has 0 bridgehead atoms. The van der Waals surface area contributed by atoms with E-state index in [2.05, 4.69) is 13.7 Å². The minimum atomic E-state index is -1.93. The number of carbonyl (C=O) groups is 1. The van der Waals surface area contributed by atoms with E-state index >= 15 is 0 Å². The van der Waals surface area contributed by atoms with Crippen LogP contribution in [0.15, 0.2) is 60.3 Å². The van der Waals surface area contributed by atoms with Crippen molar-refractivity contribution in [1.82, 2.24) is 13.7 Å². The van der Waals surface area contributed by atoms with E-state index in [0.29, 0.717) is 40.3 Å². The summed E-state index contributed by atoms with van der Waals surface area (Å²) in [7, 11) is 1.55. The Morgan fingerprint density at radius 3 is 2.82 bits per heavy atom. The number of pyridine rings is 1. The van der Waals surface area contributed by atoms with Crippen LogP contribution in [0.2, 0.25) is 0 Å². The Morgan fingerprint density at radius 2 is 2.00 bits per heavy atom. The number of rotatable bonds is 5. The van der Waals surface area contributed by atoms with Gasteiger partial charge in [0.05, 0.1) is 31.0 Å². The number of aromatic nitrogens is 3. The zero-order chi connectivity index (χ0) is 23.3. The summed E-state index contributed by atoms with van der Waals surface area (Å²) in [6.07, 6.45) is 2.64. The summed E-state index contributed by atoms with van der Waals surface area (Å²) >= 11 is 1.11. The number of hydrogen-bond acceptors (Lipinski definition) is 9. The van der Waals surface area contributed by atoms with Crippen LogP contribution in [0.1, 0.15) is 22.3 Å². The van der Waals surface area contributed by atoms with Crippen molar-refractivity contribution in [3.63, 3.8) is 0 Å². The van der Waals surface area contributed by atoms with E-state index in [4.69, 9.17) is 14.2 Å². The summed E-state index contributed by atoms with van der Waals surface area (Å²) in [4.78, 5) is 17.5. The molecule has 9 heteroatoms. The molecule has 170 valence electrons. The largest absolute Gasteiger partial charge is 0.493 e. The van der Waals surface area contributed by atoms with Crippen molar-refractivity contribution in [3.05, 3.63) is 82.6 Å². The molecule has 2 aliphatic heterocycles. The summed E-state index contributed by atoms with van der Waals surface area (Å²) in [6, 6.07) is 14.4. The van der Waals surface area contributed by atoms with Gasteiger partial charge in [0, 0.05) is 36.2 Å². The van der Waals surface area contributed by atoms with Gasteiger partial charge in [0.15, 0.2) is 0 Å². The molecule has 0 fully saturated rings. The summed E-state index contributed by atoms with van der Waals surface area (Å²) in [5.74, 6) is -1.27. The van der Waals surface area contributed by atoms with Crippen molar-refractivity contribution in [3.8, 4) is 11.6 Å². The Balaban J connectivity index is 1.52. The molecule has 34 heavy (non-hydrogen) atoms. The molecule has 1 N–H and O–H groups in total. The first-order valence-corrected chi connectivity index (χ1v) is 11.5. The first-order chi connectivity index (χ1) is 16.5. The number of cyclic esters (lactones) is 1. The van der Waals surface area contributed by atoms with E-state index in [1.54, 1.807) is 43.6 Å². The van der Waals surface area contributed by atoms with Crippen LogP contribution in [0.25, 0.3) is 16.6 Å². The molecule has 1 atom stereocenters. The molecule has 8 nitrogen and oxygen atoms in total. The maximum atomic E-state index is 13.2. The SMILES string of the molecule is COc1ccc(CC2=C(c3ccc4nsnc4c3)C(=O)OC2(O)c2ccc3c(c2)CCO3)cn1. The van der Waals surface area contributed by atoms with Crippen LogP contribution in [0.5, 0.6) is 11.6 Å². The van der Waals surface area contributed by atoms with Crippen LogP contribution in [0.3, 0.4) is 0 Å². The van der Waals surface area contributed by atoms with Crippen molar-refractivity contribution in [1.29, 1.82) is 0 Å². The number of hydrogen-bond donors (Lipinski definition) is 1. The fourth-order valence-corrected chi connectivity index (χ4v) is 4.97. The Morgan fingerprint density at radius 1 is 1.12 bits per heavy atom. The van der Waals surface area contributed by atoms with E-state index in [-0.39, 0.29) is 6.42 Å². The van der Waals surface area contributed by atoms with Gasteiger partial charge in [0.2, 0.25) is 5.88 Å². The summed E-state index contributed by atoms with van der Waals surface area (Å²) in [5, 5.41) is 11.9. The second kappa shape index (κ2) is 7.89. The van der Waals surface area contributed by atoms with Crippen LogP contribution >= 0.6 is 11.7 Å². The monoisotopic (exact) mass is 473 g/mol. The first-order valence-electron chi connectivity index (χ1n) is 10.7. The smallest absolute Gasteiger partial charge is 0.342 e. The lowest BCUT2D eigenvalue weighted by Crippen LogP contribution is -2.30. The van der Waals surface area contributed by atoms with Crippen LogP contribution in [0.4, 0.5) is 0 Å². The zero-order valence-electron chi connectivity index (χ0n) is 18.1. The van der Waals surface area contributed by atoms with E-state index in [1.807, 2.05) is 18.2 Å². The highest BCUT2D eigenvalue weighted by atomic mass is 32.1. The standard InChI is InChI=1S/C25H19N3O5S/c1-31-22-7-2-14(13-26-22)10-18-23(16-3-5-19-20(12-16)28-34-27-19)24(29)33-25(18,30)17-4-6-21-15(11-17)8-9-32-21/h2-7,11-13,30H,8-10H2,1H3. The number of esters is 1. The molecule has 1 unspecified atom stereocenters. The van der Waals surface area contributed by atoms with Crippen LogP contribution in [-0.2, 0) is 28.2 Å². The number of nitrogens with zero attached hydrogens (tertiary/aromatic N) is 3. The lowest BCUT2D eigenvalue weighted by Gasteiger charge is -2.26. The van der Waals surface area contributed by atoms with Gasteiger partial charge in [-0.15, -0.1) is 0 Å². The minimum absolute atomic E-state index is 0.246. The number of fused-ring (bicyclic) bond motifs is 2. The van der Waals surface area contributed by atoms with E-state index < -0.39 is 11.8 Å². The normalized spacial score (nSPS) is 19.3. The van der Waals surface area contributed by atoms with Gasteiger partial charge in [-0.2, -0.15) is 8.75 Å². The number of aliphatic hydroxyl groups is 1. The molecule has 4 heterocycles. The van der Waals surface area contributed by atoms with Crippen molar-refractivity contribution in [2.45, 2.75) is 18.6 Å². The Hall–Kier alpha value is -3.82. The quantitative estimate of drug-likeness (QED) is 0.440. The van der Waals surface area contributed by atoms with Crippen LogP contribution < -0.4 is 9.47 Å². The molecule has 6 rings (SSSR count). The molecule has 0 radical (unpaired) electrons. The molecule has 4 aromatic rings. The van der Waals surface area contributed by atoms with Gasteiger partial charge in [-0.3, -0.25) is 0 Å². The minimum Gasteiger partial charge on any atom is -0.493 e. The third-order valence-electron chi connectivity index (χ3n) is 6.17. The fourth-order valence-electron chi connectivity index (χ4n) is 4.45. The second-order valence-corrected chi connectivity index (χ2v) is 8.69. The lowest BCUT2D eigenvalue weighted by molar-refractivity contribution is -0.185. The number of ether oxygens (including phenoxy) is 3. The maximum absolute atomic E-state index is 13.2. The predicted molar refractivity (Wildman–Crippen MR) is 124 cm³/mol. The van der Waals surface area contributed by atoms with Crippen molar-refractivity contribution in [2.75, 3.05) is 13.7 Å². The zero-order valence-corrected chi connectivity index (χ0v) is 19.0. The summed E-state index contributed by atoms with van der Waals surface area (Å²) < 4.78 is 25.0. The van der Waals surface area contributed by atoms with Crippen LogP contribution in [0, 0.1) is 0 Å². The molecular formula is C25H19N3O5S. The third kappa shape index (κ3) is 3.32. The molecule has 0 aliphatic carbocycles. The second-order valence-electron chi connectivity index (χ2n) is 8.16. The average Bonchev–Trinajstić information content (AvgIpc) is 3.57. The van der Waals surface area contributed by atoms with Gasteiger partial charge < -0.3 is 19.3 Å². The number of methoxy groups -OCH3 is 1. The molecule has 0 saturated heterocycles. The van der Waals surface area contributed by atoms with Gasteiger partial charge in [0.25, 0.3) is 5.79 Å². The van der Waals surface area contributed by atoms with Crippen LogP contribution in [-0.4, -0.2) is 38.5 Å². The van der Waals surface area contributed by atoms with Crippen molar-refractivity contribution < 1.29 is 24.1 Å². The fraction of sp³-hybridized carbons (Fsp3) is 0.200. The molecule has 0 amide bonds. The van der Waals surface area contributed by atoms with Gasteiger partial charge >= 0.3 is 5.97 Å². The number of carbonyl (C=O) groups excluding carboxylic acids is 1. The summed E-state index contributed by atoms with van der Waals surface area (Å²) in [5.41, 5.74) is 5.03.